The van der Waals surface area contributed by atoms with Crippen LogP contribution in [0, 0.1) is 17.2 Å². The molecule has 1 amide bonds. The second kappa shape index (κ2) is 11.3. The molecule has 0 aliphatic carbocycles. The fourth-order valence-electron chi connectivity index (χ4n) is 3.33. The molecule has 0 fully saturated rings. The van der Waals surface area contributed by atoms with E-state index >= 15 is 0 Å². The fraction of sp³-hybridized carbons (Fsp3) is 0.391. The number of hydrogen-bond donors (Lipinski definition) is 2. The highest BCUT2D eigenvalue weighted by atomic mass is 32.2. The van der Waals surface area contributed by atoms with Crippen LogP contribution >= 0.6 is 0 Å². The second-order valence-corrected chi connectivity index (χ2v) is 10.2. The number of hydrogen-bond acceptors (Lipinski definition) is 5. The summed E-state index contributed by atoms with van der Waals surface area (Å²) in [4.78, 5) is 12.4. The largest absolute Gasteiger partial charge is 0.407 e. The van der Waals surface area contributed by atoms with Crippen molar-refractivity contribution in [2.45, 2.75) is 42.7 Å². The number of alkyl halides is 6. The van der Waals surface area contributed by atoms with E-state index in [-0.39, 0.29) is 10.5 Å². The highest BCUT2D eigenvalue weighted by Gasteiger charge is 2.45. The van der Waals surface area contributed by atoms with Crippen LogP contribution in [0.1, 0.15) is 24.9 Å². The molecule has 2 rings (SSSR count). The predicted octanol–water partition coefficient (Wildman–Crippen LogP) is 4.55. The lowest BCUT2D eigenvalue weighted by Crippen LogP contribution is -2.50. The van der Waals surface area contributed by atoms with Crippen LogP contribution in [0.5, 0.6) is 0 Å². The van der Waals surface area contributed by atoms with Crippen LogP contribution in [0.4, 0.5) is 26.3 Å². The lowest BCUT2D eigenvalue weighted by Gasteiger charge is -2.29. The van der Waals surface area contributed by atoms with Crippen LogP contribution < -0.4 is 10.6 Å². The number of nitrogens with zero attached hydrogens (tertiary/aromatic N) is 1. The molecule has 1 unspecified atom stereocenters. The normalized spacial score (nSPS) is 15.0. The highest BCUT2D eigenvalue weighted by molar-refractivity contribution is 7.90. The topological polar surface area (TPSA) is 99.1 Å². The summed E-state index contributed by atoms with van der Waals surface area (Å²) < 4.78 is 104. The first-order valence-electron chi connectivity index (χ1n) is 10.5. The van der Waals surface area contributed by atoms with Gasteiger partial charge in [-0.2, -0.15) is 31.6 Å². The summed E-state index contributed by atoms with van der Waals surface area (Å²) in [6.45, 7) is 0.166. The third-order valence-electron chi connectivity index (χ3n) is 5.36. The minimum Gasteiger partial charge on any atom is -0.342 e. The maximum atomic E-state index is 13.9. The Morgan fingerprint density at radius 1 is 0.944 bits per heavy atom. The van der Waals surface area contributed by atoms with Crippen molar-refractivity contribution in [3.8, 4) is 17.2 Å². The fourth-order valence-corrected chi connectivity index (χ4v) is 3.96. The van der Waals surface area contributed by atoms with Crippen LogP contribution in [0.2, 0.25) is 0 Å². The van der Waals surface area contributed by atoms with Gasteiger partial charge in [0.05, 0.1) is 22.9 Å². The minimum atomic E-state index is -4.96. The molecule has 0 bridgehead atoms. The van der Waals surface area contributed by atoms with Gasteiger partial charge < -0.3 is 5.32 Å². The summed E-state index contributed by atoms with van der Waals surface area (Å²) in [5.41, 5.74) is 0.642. The maximum absolute atomic E-state index is 13.9. The van der Waals surface area contributed by atoms with Gasteiger partial charge in [-0.15, -0.1) is 0 Å². The molecule has 2 aromatic carbocycles. The van der Waals surface area contributed by atoms with Crippen molar-refractivity contribution in [1.29, 1.82) is 5.26 Å². The third kappa shape index (κ3) is 7.96. The van der Waals surface area contributed by atoms with E-state index in [9.17, 15) is 39.6 Å². The lowest BCUT2D eigenvalue weighted by molar-refractivity contribution is -0.177. The lowest BCUT2D eigenvalue weighted by atomic mass is 9.96. The molecule has 3 atom stereocenters. The van der Waals surface area contributed by atoms with Gasteiger partial charge in [0, 0.05) is 6.26 Å². The summed E-state index contributed by atoms with van der Waals surface area (Å²) in [6.07, 6.45) is -9.64. The van der Waals surface area contributed by atoms with Gasteiger partial charge >= 0.3 is 12.4 Å². The molecule has 0 saturated carbocycles. The van der Waals surface area contributed by atoms with E-state index in [0.29, 0.717) is 11.1 Å². The van der Waals surface area contributed by atoms with Gasteiger partial charge in [-0.1, -0.05) is 43.3 Å². The number of halogens is 6. The van der Waals surface area contributed by atoms with Crippen molar-refractivity contribution in [2.24, 2.45) is 5.92 Å². The van der Waals surface area contributed by atoms with Crippen molar-refractivity contribution in [2.75, 3.05) is 12.8 Å². The maximum Gasteiger partial charge on any atom is 0.407 e. The van der Waals surface area contributed by atoms with Crippen molar-refractivity contribution < 1.29 is 39.6 Å². The Morgan fingerprint density at radius 2 is 1.44 bits per heavy atom. The Kier molecular flexibility index (Phi) is 9.14. The summed E-state index contributed by atoms with van der Waals surface area (Å²) in [7, 11) is -3.43. The Bertz CT molecular complexity index is 1190. The first kappa shape index (κ1) is 29.1. The van der Waals surface area contributed by atoms with Gasteiger partial charge in [-0.25, -0.2) is 8.42 Å². The van der Waals surface area contributed by atoms with Gasteiger partial charge in [-0.3, -0.25) is 10.1 Å². The third-order valence-corrected chi connectivity index (χ3v) is 6.49. The average molecular weight is 536 g/mol. The van der Waals surface area contributed by atoms with E-state index in [0.717, 1.165) is 25.3 Å². The van der Waals surface area contributed by atoms with Gasteiger partial charge in [0.15, 0.2) is 9.84 Å². The number of carbonyl (C=O) groups excluding carboxylic acids is 1. The molecule has 0 heterocycles. The zero-order valence-corrected chi connectivity index (χ0v) is 19.9. The number of carbonyl (C=O) groups is 1. The van der Waals surface area contributed by atoms with Crippen LogP contribution in [-0.2, 0) is 14.6 Å². The van der Waals surface area contributed by atoms with Gasteiger partial charge in [-0.05, 0) is 35.2 Å². The molecule has 0 saturated heterocycles. The Morgan fingerprint density at radius 3 is 1.86 bits per heavy atom. The Balaban J connectivity index is 2.35. The number of rotatable bonds is 9. The van der Waals surface area contributed by atoms with Gasteiger partial charge in [0.25, 0.3) is 0 Å². The van der Waals surface area contributed by atoms with E-state index in [1.54, 1.807) is 6.07 Å². The minimum absolute atomic E-state index is 0.0676. The number of amides is 1. The molecule has 0 aromatic heterocycles. The number of nitriles is 1. The SMILES string of the molecule is C[C@H](CC(N[C@@H](c1ccc(-c2ccc(S(C)(=O)=O)cc2)cc1)C(F)(F)F)C(=O)NCC#N)C(F)(F)F. The smallest absolute Gasteiger partial charge is 0.342 e. The number of nitrogens with one attached hydrogen (secondary N) is 2. The van der Waals surface area contributed by atoms with Crippen LogP contribution in [0.25, 0.3) is 11.1 Å². The molecular formula is C23H23F6N3O3S. The summed E-state index contributed by atoms with van der Waals surface area (Å²) >= 11 is 0. The summed E-state index contributed by atoms with van der Waals surface area (Å²) in [5, 5.41) is 12.6. The number of sulfone groups is 1. The average Bonchev–Trinajstić information content (AvgIpc) is 2.78. The zero-order valence-electron chi connectivity index (χ0n) is 19.1. The predicted molar refractivity (Wildman–Crippen MR) is 119 cm³/mol. The van der Waals surface area contributed by atoms with Crippen molar-refractivity contribution in [3.63, 3.8) is 0 Å². The molecular weight excluding hydrogens is 512 g/mol. The van der Waals surface area contributed by atoms with Crippen molar-refractivity contribution in [3.05, 3.63) is 54.1 Å². The molecule has 0 radical (unpaired) electrons. The molecule has 0 aliphatic rings. The quantitative estimate of drug-likeness (QED) is 0.363. The standard InChI is InChI=1S/C23H23F6N3O3S/c1-14(22(24,25)26)13-19(21(33)31-12-11-30)32-20(23(27,28)29)17-5-3-15(4-6-17)16-7-9-18(10-8-16)36(2,34)35/h3-10,14,19-20,32H,12-13H2,1-2H3,(H,31,33)/t14-,19?,20+/m1/s1. The van der Waals surface area contributed by atoms with Crippen LogP contribution in [-0.4, -0.2) is 45.5 Å². The van der Waals surface area contributed by atoms with E-state index in [1.165, 1.54) is 36.4 Å². The van der Waals surface area contributed by atoms with Gasteiger partial charge in [0.2, 0.25) is 5.91 Å². The van der Waals surface area contributed by atoms with Crippen LogP contribution in [0.15, 0.2) is 53.4 Å². The molecule has 2 N–H and O–H groups in total. The molecule has 196 valence electrons. The molecule has 0 aliphatic heterocycles. The first-order valence-corrected chi connectivity index (χ1v) is 12.4. The Labute approximate surface area is 204 Å². The van der Waals surface area contributed by atoms with Gasteiger partial charge in [0.1, 0.15) is 12.6 Å². The molecule has 2 aromatic rings. The molecule has 13 heteroatoms. The van der Waals surface area contributed by atoms with E-state index in [1.807, 2.05) is 10.6 Å². The van der Waals surface area contributed by atoms with Crippen molar-refractivity contribution >= 4 is 15.7 Å². The highest BCUT2D eigenvalue weighted by Crippen LogP contribution is 2.36. The van der Waals surface area contributed by atoms with E-state index < -0.39 is 59.1 Å². The summed E-state index contributed by atoms with van der Waals surface area (Å²) in [5.74, 6) is -3.25. The molecule has 36 heavy (non-hydrogen) atoms. The molecule has 0 spiro atoms. The molecule has 6 nitrogen and oxygen atoms in total. The first-order chi connectivity index (χ1) is 16.5. The zero-order chi connectivity index (χ0) is 27.3. The van der Waals surface area contributed by atoms with E-state index in [4.69, 9.17) is 5.26 Å². The van der Waals surface area contributed by atoms with E-state index in [2.05, 4.69) is 0 Å². The monoisotopic (exact) mass is 535 g/mol. The summed E-state index contributed by atoms with van der Waals surface area (Å²) in [6, 6.07) is 7.77. The Hall–Kier alpha value is -3.11. The van der Waals surface area contributed by atoms with Crippen molar-refractivity contribution in [1.82, 2.24) is 10.6 Å². The second-order valence-electron chi connectivity index (χ2n) is 8.17. The van der Waals surface area contributed by atoms with Crippen LogP contribution in [0.3, 0.4) is 0 Å². The number of benzene rings is 2.